The fourth-order valence-corrected chi connectivity index (χ4v) is 5.68. The fourth-order valence-electron chi connectivity index (χ4n) is 2.88. The molecule has 0 unspecified atom stereocenters. The summed E-state index contributed by atoms with van der Waals surface area (Å²) in [6.07, 6.45) is 0. The van der Waals surface area contributed by atoms with Gasteiger partial charge in [-0.05, 0) is 73.9 Å². The van der Waals surface area contributed by atoms with Crippen LogP contribution in [0.1, 0.15) is 16.7 Å². The predicted octanol–water partition coefficient (Wildman–Crippen LogP) is 3.40. The molecule has 12 nitrogen and oxygen atoms in total. The van der Waals surface area contributed by atoms with E-state index in [2.05, 4.69) is 0 Å². The Hall–Kier alpha value is -1.85. The third-order valence-electron chi connectivity index (χ3n) is 4.91. The average Bonchev–Trinajstić information content (AvgIpc) is 2.78. The Morgan fingerprint density at radius 1 is 0.500 bits per heavy atom. The van der Waals surface area contributed by atoms with E-state index in [4.69, 9.17) is 52.0 Å². The Morgan fingerprint density at radius 3 is 0.825 bits per heavy atom. The van der Waals surface area contributed by atoms with Crippen LogP contribution in [-0.4, -0.2) is 38.9 Å². The van der Waals surface area contributed by atoms with Gasteiger partial charge in [-0.2, -0.15) is 0 Å². The van der Waals surface area contributed by atoms with Gasteiger partial charge in [0.05, 0.1) is 46.8 Å². The maximum absolute atomic E-state index is 10.7. The summed E-state index contributed by atoms with van der Waals surface area (Å²) in [6.45, 7) is 4.30. The molecule has 0 amide bonds. The van der Waals surface area contributed by atoms with Crippen molar-refractivity contribution in [2.75, 3.05) is 17.2 Å². The number of hydrogen-bond acceptors (Lipinski definition) is 12. The first kappa shape index (κ1) is 38.2. The Morgan fingerprint density at radius 2 is 0.675 bits per heavy atom. The van der Waals surface area contributed by atoms with Gasteiger partial charge >= 0.3 is 16.5 Å². The van der Waals surface area contributed by atoms with E-state index in [0.29, 0.717) is 0 Å². The predicted molar refractivity (Wildman–Crippen MR) is 146 cm³/mol. The van der Waals surface area contributed by atoms with Crippen molar-refractivity contribution in [3.05, 3.63) is 68.2 Å². The molecule has 1 radical (unpaired) electrons. The van der Waals surface area contributed by atoms with E-state index in [-0.39, 0.29) is 80.0 Å². The summed E-state index contributed by atoms with van der Waals surface area (Å²) in [4.78, 5) is -0.981. The van der Waals surface area contributed by atoms with Crippen LogP contribution in [0.4, 0.5) is 17.1 Å². The molecule has 0 saturated carbocycles. The van der Waals surface area contributed by atoms with E-state index in [0.717, 1.165) is 18.2 Å². The van der Waals surface area contributed by atoms with Gasteiger partial charge in [0.15, 0.2) is 0 Å². The standard InChI is InChI=1S/3C7H8ClNO3S.Ni/c3*1-4-6(13(10,11)12)3-2-5(9)7(4)8;/h3*2-3H,9H2,1H3,(H,10,11,12);/q;;;+3/p-3. The molecule has 0 aliphatic carbocycles. The van der Waals surface area contributed by atoms with Crippen LogP contribution in [0.5, 0.6) is 0 Å². The molecule has 40 heavy (non-hydrogen) atoms. The zero-order valence-corrected chi connectivity index (χ0v) is 26.3. The first-order valence-electron chi connectivity index (χ1n) is 10.0. The number of rotatable bonds is 3. The van der Waals surface area contributed by atoms with Crippen molar-refractivity contribution in [3.63, 3.8) is 0 Å². The van der Waals surface area contributed by atoms with Crippen LogP contribution in [0.3, 0.4) is 0 Å². The molecular weight excluding hydrogens is 699 g/mol. The Balaban J connectivity index is 0.000000563. The normalized spacial score (nSPS) is 11.3. The molecule has 6 N–H and O–H groups in total. The van der Waals surface area contributed by atoms with Crippen molar-refractivity contribution in [1.29, 1.82) is 0 Å². The average molecular weight is 721 g/mol. The minimum absolute atomic E-state index is 0. The molecule has 0 heterocycles. The molecule has 0 atom stereocenters. The summed E-state index contributed by atoms with van der Waals surface area (Å²) >= 11 is 17.0. The monoisotopic (exact) mass is 718 g/mol. The third kappa shape index (κ3) is 9.91. The second-order valence-electron chi connectivity index (χ2n) is 7.64. The quantitative estimate of drug-likeness (QED) is 0.200. The van der Waals surface area contributed by atoms with Crippen LogP contribution >= 0.6 is 34.8 Å². The molecule has 0 fully saturated rings. The smallest absolute Gasteiger partial charge is 0.744 e. The molecular formula is C21H21Cl3N3NiO9S3. The Bertz CT molecular complexity index is 1530. The van der Waals surface area contributed by atoms with Crippen molar-refractivity contribution in [3.8, 4) is 0 Å². The van der Waals surface area contributed by atoms with E-state index in [1.807, 2.05) is 0 Å². The molecule has 0 aliphatic heterocycles. The molecule has 223 valence electrons. The SMILES string of the molecule is Cc1c(S(=O)(=O)[O-])ccc(N)c1Cl.Cc1c(S(=O)(=O)[O-])ccc(N)c1Cl.Cc1c(S(=O)(=O)[O-])ccc(N)c1Cl.[Ni+3]. The summed E-state index contributed by atoms with van der Waals surface area (Å²) in [5, 5.41) is 0.325. The molecule has 3 aromatic carbocycles. The maximum Gasteiger partial charge on any atom is 3.00 e. The van der Waals surface area contributed by atoms with E-state index in [1.165, 1.54) is 39.0 Å². The number of nitrogen functional groups attached to an aromatic ring is 3. The largest absolute Gasteiger partial charge is 3.00 e. The zero-order valence-electron chi connectivity index (χ0n) is 20.5. The Kier molecular flexibility index (Phi) is 13.7. The van der Waals surface area contributed by atoms with Crippen LogP contribution in [0.25, 0.3) is 0 Å². The number of benzene rings is 3. The fraction of sp³-hybridized carbons (Fsp3) is 0.143. The van der Waals surface area contributed by atoms with E-state index in [9.17, 15) is 38.9 Å². The molecule has 3 rings (SSSR count). The molecule has 0 bridgehead atoms. The maximum atomic E-state index is 10.7. The van der Waals surface area contributed by atoms with Gasteiger partial charge in [-0.1, -0.05) is 34.8 Å². The third-order valence-corrected chi connectivity index (χ3v) is 9.36. The minimum atomic E-state index is -4.46. The summed E-state index contributed by atoms with van der Waals surface area (Å²) in [5.41, 5.74) is 17.6. The minimum Gasteiger partial charge on any atom is -0.744 e. The van der Waals surface area contributed by atoms with Crippen molar-refractivity contribution in [2.45, 2.75) is 35.5 Å². The molecule has 0 saturated heterocycles. The Labute approximate surface area is 257 Å². The summed E-state index contributed by atoms with van der Waals surface area (Å²) in [7, 11) is -13.4. The topological polar surface area (TPSA) is 250 Å². The second-order valence-corrected chi connectivity index (χ2v) is 12.8. The van der Waals surface area contributed by atoms with E-state index in [1.54, 1.807) is 0 Å². The van der Waals surface area contributed by atoms with Crippen LogP contribution < -0.4 is 17.2 Å². The molecule has 0 aliphatic rings. The summed E-state index contributed by atoms with van der Waals surface area (Å²) in [5.74, 6) is 0. The van der Waals surface area contributed by atoms with Crippen molar-refractivity contribution in [2.24, 2.45) is 0 Å². The summed E-state index contributed by atoms with van der Waals surface area (Å²) < 4.78 is 96.0. The van der Waals surface area contributed by atoms with Crippen LogP contribution in [0, 0.1) is 20.8 Å². The van der Waals surface area contributed by atoms with Crippen LogP contribution in [0.2, 0.25) is 15.1 Å². The van der Waals surface area contributed by atoms with Gasteiger partial charge in [-0.3, -0.25) is 0 Å². The number of nitrogens with two attached hydrogens (primary N) is 3. The van der Waals surface area contributed by atoms with Gasteiger partial charge in [0, 0.05) is 0 Å². The molecule has 19 heteroatoms. The first-order valence-corrected chi connectivity index (χ1v) is 15.4. The van der Waals surface area contributed by atoms with Gasteiger partial charge in [0.2, 0.25) is 0 Å². The summed E-state index contributed by atoms with van der Waals surface area (Å²) in [6, 6.07) is 7.33. The number of hydrogen-bond donors (Lipinski definition) is 3. The zero-order chi connectivity index (χ0) is 30.7. The van der Waals surface area contributed by atoms with Crippen molar-refractivity contribution < 1.29 is 55.4 Å². The van der Waals surface area contributed by atoms with Gasteiger partial charge in [-0.25, -0.2) is 25.3 Å². The molecule has 0 spiro atoms. The number of halogens is 3. The van der Waals surface area contributed by atoms with E-state index >= 15 is 0 Å². The van der Waals surface area contributed by atoms with Gasteiger partial charge in [0.1, 0.15) is 30.4 Å². The van der Waals surface area contributed by atoms with Crippen molar-refractivity contribution >= 4 is 82.2 Å². The number of anilines is 3. The van der Waals surface area contributed by atoms with Crippen LogP contribution in [0.15, 0.2) is 51.1 Å². The van der Waals surface area contributed by atoms with E-state index < -0.39 is 30.4 Å². The van der Waals surface area contributed by atoms with Crippen LogP contribution in [-0.2, 0) is 46.8 Å². The molecule has 3 aromatic rings. The van der Waals surface area contributed by atoms with Crippen molar-refractivity contribution in [1.82, 2.24) is 0 Å². The van der Waals surface area contributed by atoms with Gasteiger partial charge in [-0.15, -0.1) is 0 Å². The van der Waals surface area contributed by atoms with Gasteiger partial charge < -0.3 is 30.9 Å². The second kappa shape index (κ2) is 14.4. The van der Waals surface area contributed by atoms with Gasteiger partial charge in [0.25, 0.3) is 0 Å². The first-order chi connectivity index (χ1) is 17.5. The molecule has 0 aromatic heterocycles.